The minimum Gasteiger partial charge on any atom is -0.478 e. The Morgan fingerprint density at radius 1 is 1.20 bits per heavy atom. The average Bonchev–Trinajstić information content (AvgIpc) is 2.43. The molecule has 0 amide bonds. The fraction of sp³-hybridized carbons (Fsp3) is 0.375. The number of aryl methyl sites for hydroxylation is 2. The molecule has 4 nitrogen and oxygen atoms in total. The standard InChI is InChI=1S/C16H18N2O2/c1-18(2)14-9-12(16(19)20)8-11-7-10-5-3-4-6-13(10)17-15(11)14/h7-9H,3-6H2,1-2H3,(H,19,20). The van der Waals surface area contributed by atoms with Crippen LogP contribution in [-0.4, -0.2) is 30.2 Å². The highest BCUT2D eigenvalue weighted by atomic mass is 16.4. The van der Waals surface area contributed by atoms with E-state index in [4.69, 9.17) is 4.98 Å². The molecule has 20 heavy (non-hydrogen) atoms. The van der Waals surface area contributed by atoms with Crippen molar-refractivity contribution in [1.29, 1.82) is 0 Å². The van der Waals surface area contributed by atoms with Gasteiger partial charge < -0.3 is 10.0 Å². The van der Waals surface area contributed by atoms with Gasteiger partial charge in [0, 0.05) is 25.2 Å². The third-order valence-electron chi connectivity index (χ3n) is 3.90. The van der Waals surface area contributed by atoms with Gasteiger partial charge in [-0.1, -0.05) is 0 Å². The molecule has 1 aromatic heterocycles. The van der Waals surface area contributed by atoms with Crippen molar-refractivity contribution in [2.24, 2.45) is 0 Å². The van der Waals surface area contributed by atoms with Crippen molar-refractivity contribution in [3.63, 3.8) is 0 Å². The number of aromatic carboxylic acids is 1. The molecule has 0 fully saturated rings. The maximum atomic E-state index is 11.3. The van der Waals surface area contributed by atoms with Crippen LogP contribution in [0.2, 0.25) is 0 Å². The quantitative estimate of drug-likeness (QED) is 0.911. The Labute approximate surface area is 118 Å². The fourth-order valence-electron chi connectivity index (χ4n) is 2.86. The number of benzene rings is 1. The molecular formula is C16H18N2O2. The first kappa shape index (κ1) is 12.9. The van der Waals surface area contributed by atoms with E-state index in [9.17, 15) is 9.90 Å². The van der Waals surface area contributed by atoms with E-state index >= 15 is 0 Å². The van der Waals surface area contributed by atoms with E-state index < -0.39 is 5.97 Å². The molecule has 104 valence electrons. The zero-order chi connectivity index (χ0) is 14.3. The molecule has 4 heteroatoms. The SMILES string of the molecule is CN(C)c1cc(C(=O)O)cc2cc3c(nc12)CCCC3. The number of fused-ring (bicyclic) bond motifs is 2. The zero-order valence-corrected chi connectivity index (χ0v) is 11.8. The Balaban J connectivity index is 2.30. The molecule has 0 saturated carbocycles. The van der Waals surface area contributed by atoms with Crippen LogP contribution in [0.25, 0.3) is 10.9 Å². The van der Waals surface area contributed by atoms with Gasteiger partial charge in [0.2, 0.25) is 0 Å². The normalized spacial score (nSPS) is 14.1. The van der Waals surface area contributed by atoms with Gasteiger partial charge in [-0.15, -0.1) is 0 Å². The van der Waals surface area contributed by atoms with Crippen LogP contribution in [-0.2, 0) is 12.8 Å². The average molecular weight is 270 g/mol. The predicted molar refractivity (Wildman–Crippen MR) is 79.7 cm³/mol. The van der Waals surface area contributed by atoms with Crippen molar-refractivity contribution in [1.82, 2.24) is 4.98 Å². The molecule has 0 spiro atoms. The van der Waals surface area contributed by atoms with Crippen molar-refractivity contribution < 1.29 is 9.90 Å². The van der Waals surface area contributed by atoms with E-state index in [2.05, 4.69) is 6.07 Å². The summed E-state index contributed by atoms with van der Waals surface area (Å²) in [6, 6.07) is 5.55. The van der Waals surface area contributed by atoms with Gasteiger partial charge in [0.05, 0.1) is 16.8 Å². The molecule has 0 unspecified atom stereocenters. The minimum absolute atomic E-state index is 0.318. The van der Waals surface area contributed by atoms with E-state index in [-0.39, 0.29) is 0 Å². The smallest absolute Gasteiger partial charge is 0.335 e. The third-order valence-corrected chi connectivity index (χ3v) is 3.90. The summed E-state index contributed by atoms with van der Waals surface area (Å²) >= 11 is 0. The summed E-state index contributed by atoms with van der Waals surface area (Å²) in [5.41, 5.74) is 4.54. The van der Waals surface area contributed by atoms with Gasteiger partial charge in [0.1, 0.15) is 0 Å². The van der Waals surface area contributed by atoms with Crippen molar-refractivity contribution >= 4 is 22.6 Å². The maximum absolute atomic E-state index is 11.3. The molecule has 0 radical (unpaired) electrons. The van der Waals surface area contributed by atoms with Gasteiger partial charge in [-0.05, 0) is 49.4 Å². The number of anilines is 1. The topological polar surface area (TPSA) is 53.4 Å². The second kappa shape index (κ2) is 4.78. The first-order valence-corrected chi connectivity index (χ1v) is 6.93. The monoisotopic (exact) mass is 270 g/mol. The highest BCUT2D eigenvalue weighted by molar-refractivity contribution is 5.99. The van der Waals surface area contributed by atoms with Gasteiger partial charge in [0.15, 0.2) is 0 Å². The highest BCUT2D eigenvalue weighted by Crippen LogP contribution is 2.30. The Hall–Kier alpha value is -2.10. The summed E-state index contributed by atoms with van der Waals surface area (Å²) < 4.78 is 0. The number of carbonyl (C=O) groups is 1. The zero-order valence-electron chi connectivity index (χ0n) is 11.8. The Bertz CT molecular complexity index is 692. The van der Waals surface area contributed by atoms with Crippen LogP contribution in [0, 0.1) is 0 Å². The van der Waals surface area contributed by atoms with Crippen LogP contribution in [0.3, 0.4) is 0 Å². The highest BCUT2D eigenvalue weighted by Gasteiger charge is 2.16. The lowest BCUT2D eigenvalue weighted by molar-refractivity contribution is 0.0697. The molecule has 1 aliphatic rings. The third kappa shape index (κ3) is 2.11. The van der Waals surface area contributed by atoms with Crippen LogP contribution < -0.4 is 4.90 Å². The Kier molecular flexibility index (Phi) is 3.08. The van der Waals surface area contributed by atoms with E-state index in [1.807, 2.05) is 19.0 Å². The van der Waals surface area contributed by atoms with Crippen LogP contribution in [0.5, 0.6) is 0 Å². The van der Waals surface area contributed by atoms with Gasteiger partial charge >= 0.3 is 5.97 Å². The molecule has 0 bridgehead atoms. The number of carboxylic acid groups (broad SMARTS) is 1. The Morgan fingerprint density at radius 2 is 1.95 bits per heavy atom. The number of hydrogen-bond acceptors (Lipinski definition) is 3. The van der Waals surface area contributed by atoms with E-state index in [0.717, 1.165) is 29.4 Å². The number of rotatable bonds is 2. The van der Waals surface area contributed by atoms with E-state index in [1.54, 1.807) is 12.1 Å². The molecule has 0 aliphatic heterocycles. The molecule has 0 saturated heterocycles. The second-order valence-corrected chi connectivity index (χ2v) is 5.57. The van der Waals surface area contributed by atoms with Gasteiger partial charge in [-0.25, -0.2) is 4.79 Å². The molecule has 3 rings (SSSR count). The second-order valence-electron chi connectivity index (χ2n) is 5.57. The largest absolute Gasteiger partial charge is 0.478 e. The molecule has 1 aromatic carbocycles. The lowest BCUT2D eigenvalue weighted by Gasteiger charge is -2.20. The van der Waals surface area contributed by atoms with Gasteiger partial charge in [0.25, 0.3) is 0 Å². The first-order valence-electron chi connectivity index (χ1n) is 6.93. The number of hydrogen-bond donors (Lipinski definition) is 1. The van der Waals surface area contributed by atoms with Crippen molar-refractivity contribution in [2.45, 2.75) is 25.7 Å². The maximum Gasteiger partial charge on any atom is 0.335 e. The molecular weight excluding hydrogens is 252 g/mol. The number of aromatic nitrogens is 1. The summed E-state index contributed by atoms with van der Waals surface area (Å²) in [6.07, 6.45) is 4.46. The van der Waals surface area contributed by atoms with Crippen LogP contribution in [0.1, 0.15) is 34.5 Å². The minimum atomic E-state index is -0.896. The van der Waals surface area contributed by atoms with Crippen molar-refractivity contribution in [3.8, 4) is 0 Å². The lowest BCUT2D eigenvalue weighted by atomic mass is 9.94. The molecule has 2 aromatic rings. The van der Waals surface area contributed by atoms with E-state index in [1.165, 1.54) is 24.1 Å². The summed E-state index contributed by atoms with van der Waals surface area (Å²) in [6.45, 7) is 0. The van der Waals surface area contributed by atoms with Crippen molar-refractivity contribution in [3.05, 3.63) is 35.0 Å². The summed E-state index contributed by atoms with van der Waals surface area (Å²) in [5, 5.41) is 10.2. The van der Waals surface area contributed by atoms with Crippen molar-refractivity contribution in [2.75, 3.05) is 19.0 Å². The Morgan fingerprint density at radius 3 is 2.65 bits per heavy atom. The summed E-state index contributed by atoms with van der Waals surface area (Å²) in [4.78, 5) is 18.0. The lowest BCUT2D eigenvalue weighted by Crippen LogP contribution is -2.13. The van der Waals surface area contributed by atoms with Crippen LogP contribution in [0.15, 0.2) is 18.2 Å². The molecule has 1 heterocycles. The van der Waals surface area contributed by atoms with Gasteiger partial charge in [-0.3, -0.25) is 4.98 Å². The molecule has 1 aliphatic carbocycles. The van der Waals surface area contributed by atoms with E-state index in [0.29, 0.717) is 5.56 Å². The molecule has 1 N–H and O–H groups in total. The molecule has 0 atom stereocenters. The van der Waals surface area contributed by atoms with Gasteiger partial charge in [-0.2, -0.15) is 0 Å². The number of pyridine rings is 1. The predicted octanol–water partition coefficient (Wildman–Crippen LogP) is 2.88. The van der Waals surface area contributed by atoms with Crippen LogP contribution >= 0.6 is 0 Å². The summed E-state index contributed by atoms with van der Waals surface area (Å²) in [5.74, 6) is -0.896. The summed E-state index contributed by atoms with van der Waals surface area (Å²) in [7, 11) is 3.84. The first-order chi connectivity index (χ1) is 9.56. The number of carboxylic acids is 1. The fourth-order valence-corrected chi connectivity index (χ4v) is 2.86. The number of nitrogens with zero attached hydrogens (tertiary/aromatic N) is 2. The van der Waals surface area contributed by atoms with Crippen LogP contribution in [0.4, 0.5) is 5.69 Å².